The minimum atomic E-state index is -4.45. The fourth-order valence-electron chi connectivity index (χ4n) is 1.27. The van der Waals surface area contributed by atoms with E-state index in [9.17, 15) is 18.0 Å². The first-order valence-electron chi connectivity index (χ1n) is 4.97. The molecule has 0 aliphatic rings. The van der Waals surface area contributed by atoms with Gasteiger partial charge in [0, 0.05) is 0 Å². The predicted molar refractivity (Wildman–Crippen MR) is 57.3 cm³/mol. The monoisotopic (exact) mass is 272 g/mol. The maximum absolute atomic E-state index is 12.3. The second-order valence-electron chi connectivity index (χ2n) is 3.52. The van der Waals surface area contributed by atoms with Crippen LogP contribution in [0.3, 0.4) is 0 Å². The maximum atomic E-state index is 12.3. The van der Waals surface area contributed by atoms with Crippen LogP contribution in [-0.2, 0) is 6.18 Å². The topological polar surface area (TPSA) is 78.4 Å². The van der Waals surface area contributed by atoms with E-state index in [1.807, 2.05) is 0 Å². The van der Waals surface area contributed by atoms with Crippen LogP contribution < -0.4 is 10.5 Å². The molecule has 1 aromatic carbocycles. The zero-order valence-corrected chi connectivity index (χ0v) is 9.27. The van der Waals surface area contributed by atoms with Crippen LogP contribution >= 0.6 is 0 Å². The predicted octanol–water partition coefficient (Wildman–Crippen LogP) is 2.49. The number of hydrogen-bond donors (Lipinski definition) is 1. The van der Waals surface area contributed by atoms with Gasteiger partial charge in [0.15, 0.2) is 0 Å². The number of carbonyl (C=O) groups is 1. The summed E-state index contributed by atoms with van der Waals surface area (Å²) in [7, 11) is 0. The van der Waals surface area contributed by atoms with Crippen LogP contribution in [0.4, 0.5) is 18.9 Å². The maximum Gasteiger partial charge on any atom is 0.416 e. The fraction of sp³-hybridized carbons (Fsp3) is 0.0909. The van der Waals surface area contributed by atoms with Gasteiger partial charge in [0.2, 0.25) is 0 Å². The van der Waals surface area contributed by atoms with Crippen molar-refractivity contribution in [2.24, 2.45) is 0 Å². The van der Waals surface area contributed by atoms with E-state index in [1.54, 1.807) is 0 Å². The van der Waals surface area contributed by atoms with Gasteiger partial charge in [0.25, 0.3) is 5.76 Å². The largest absolute Gasteiger partial charge is 0.421 e. The zero-order valence-electron chi connectivity index (χ0n) is 9.27. The van der Waals surface area contributed by atoms with Gasteiger partial charge in [-0.05, 0) is 24.3 Å². The summed E-state index contributed by atoms with van der Waals surface area (Å²) in [6.45, 7) is 0. The normalized spacial score (nSPS) is 11.3. The van der Waals surface area contributed by atoms with Crippen LogP contribution in [0, 0.1) is 0 Å². The first-order valence-corrected chi connectivity index (χ1v) is 4.97. The lowest BCUT2D eigenvalue weighted by Crippen LogP contribution is -2.10. The molecule has 0 radical (unpaired) electrons. The first-order chi connectivity index (χ1) is 8.88. The molecule has 0 spiro atoms. The van der Waals surface area contributed by atoms with Gasteiger partial charge >= 0.3 is 12.1 Å². The van der Waals surface area contributed by atoms with Gasteiger partial charge in [-0.3, -0.25) is 0 Å². The standard InChI is InChI=1S/C11H7F3N2O3/c12-11(13,14)6-1-3-7(4-2-6)18-10(17)9-8(15)5-16-19-9/h1-5H,15H2. The van der Waals surface area contributed by atoms with Crippen LogP contribution in [0.2, 0.25) is 0 Å². The van der Waals surface area contributed by atoms with Gasteiger partial charge in [0.1, 0.15) is 11.4 Å². The molecule has 2 aromatic rings. The summed E-state index contributed by atoms with van der Waals surface area (Å²) in [6.07, 6.45) is -3.33. The number of aromatic nitrogens is 1. The molecule has 1 aromatic heterocycles. The number of esters is 1. The molecule has 0 saturated carbocycles. The van der Waals surface area contributed by atoms with E-state index < -0.39 is 17.7 Å². The summed E-state index contributed by atoms with van der Waals surface area (Å²) in [5, 5.41) is 3.28. The van der Waals surface area contributed by atoms with Crippen molar-refractivity contribution in [2.45, 2.75) is 6.18 Å². The molecule has 19 heavy (non-hydrogen) atoms. The SMILES string of the molecule is Nc1cnoc1C(=O)Oc1ccc(C(F)(F)F)cc1. The Labute approximate surface area is 104 Å². The summed E-state index contributed by atoms with van der Waals surface area (Å²) in [6, 6.07) is 3.64. The Morgan fingerprint density at radius 1 is 1.26 bits per heavy atom. The molecular formula is C11H7F3N2O3. The van der Waals surface area contributed by atoms with E-state index in [1.165, 1.54) is 0 Å². The average Bonchev–Trinajstić information content (AvgIpc) is 2.75. The second-order valence-corrected chi connectivity index (χ2v) is 3.52. The van der Waals surface area contributed by atoms with E-state index in [2.05, 4.69) is 9.68 Å². The molecule has 0 aliphatic heterocycles. The highest BCUT2D eigenvalue weighted by Crippen LogP contribution is 2.30. The van der Waals surface area contributed by atoms with E-state index in [0.29, 0.717) is 0 Å². The minimum absolute atomic E-state index is 0.0167. The van der Waals surface area contributed by atoms with Gasteiger partial charge in [-0.25, -0.2) is 4.79 Å². The van der Waals surface area contributed by atoms with Gasteiger partial charge in [-0.15, -0.1) is 0 Å². The Hall–Kier alpha value is -2.51. The van der Waals surface area contributed by atoms with E-state index in [0.717, 1.165) is 30.5 Å². The third-order valence-electron chi connectivity index (χ3n) is 2.18. The van der Waals surface area contributed by atoms with Crippen molar-refractivity contribution in [2.75, 3.05) is 5.73 Å². The number of halogens is 3. The van der Waals surface area contributed by atoms with Gasteiger partial charge in [0.05, 0.1) is 11.8 Å². The second kappa shape index (κ2) is 4.63. The highest BCUT2D eigenvalue weighted by Gasteiger charge is 2.30. The van der Waals surface area contributed by atoms with Crippen molar-refractivity contribution < 1.29 is 27.2 Å². The average molecular weight is 272 g/mol. The number of carbonyl (C=O) groups excluding carboxylic acids is 1. The highest BCUT2D eigenvalue weighted by atomic mass is 19.4. The van der Waals surface area contributed by atoms with Crippen molar-refractivity contribution in [1.29, 1.82) is 0 Å². The molecule has 100 valence electrons. The molecule has 0 atom stereocenters. The number of anilines is 1. The summed E-state index contributed by atoms with van der Waals surface area (Å²) < 4.78 is 46.3. The molecule has 2 N–H and O–H groups in total. The lowest BCUT2D eigenvalue weighted by Gasteiger charge is -2.07. The van der Waals surface area contributed by atoms with Crippen LogP contribution in [0.15, 0.2) is 35.0 Å². The van der Waals surface area contributed by atoms with Crippen LogP contribution in [0.5, 0.6) is 5.75 Å². The lowest BCUT2D eigenvalue weighted by molar-refractivity contribution is -0.137. The summed E-state index contributed by atoms with van der Waals surface area (Å²) in [5.41, 5.74) is 4.51. The molecular weight excluding hydrogens is 265 g/mol. The number of nitrogens with two attached hydrogens (primary N) is 1. The summed E-state index contributed by atoms with van der Waals surface area (Å²) in [4.78, 5) is 11.5. The quantitative estimate of drug-likeness (QED) is 0.671. The number of alkyl halides is 3. The van der Waals surface area contributed by atoms with Crippen molar-refractivity contribution in [1.82, 2.24) is 5.16 Å². The number of ether oxygens (including phenoxy) is 1. The van der Waals surface area contributed by atoms with Crippen molar-refractivity contribution in [3.63, 3.8) is 0 Å². The molecule has 0 saturated heterocycles. The van der Waals surface area contributed by atoms with Gasteiger partial charge in [-0.2, -0.15) is 13.2 Å². The van der Waals surface area contributed by atoms with Crippen molar-refractivity contribution in [3.8, 4) is 5.75 Å². The van der Waals surface area contributed by atoms with E-state index in [-0.39, 0.29) is 17.2 Å². The molecule has 0 fully saturated rings. The van der Waals surface area contributed by atoms with Crippen molar-refractivity contribution in [3.05, 3.63) is 41.8 Å². The highest BCUT2D eigenvalue weighted by molar-refractivity contribution is 5.92. The summed E-state index contributed by atoms with van der Waals surface area (Å²) in [5.74, 6) is -1.30. The molecule has 2 rings (SSSR count). The van der Waals surface area contributed by atoms with Crippen molar-refractivity contribution >= 4 is 11.7 Å². The van der Waals surface area contributed by atoms with E-state index >= 15 is 0 Å². The number of nitrogens with zero attached hydrogens (tertiary/aromatic N) is 1. The first kappa shape index (κ1) is 12.9. The molecule has 5 nitrogen and oxygen atoms in total. The van der Waals surface area contributed by atoms with E-state index in [4.69, 9.17) is 10.5 Å². The van der Waals surface area contributed by atoms with Crippen LogP contribution in [0.1, 0.15) is 16.1 Å². The Kier molecular flexibility index (Phi) is 3.16. The minimum Gasteiger partial charge on any atom is -0.421 e. The smallest absolute Gasteiger partial charge is 0.416 e. The molecule has 1 heterocycles. The number of hydrogen-bond acceptors (Lipinski definition) is 5. The third-order valence-corrected chi connectivity index (χ3v) is 2.18. The Morgan fingerprint density at radius 2 is 1.89 bits per heavy atom. The fourth-order valence-corrected chi connectivity index (χ4v) is 1.27. The molecule has 0 bridgehead atoms. The number of rotatable bonds is 2. The zero-order chi connectivity index (χ0) is 14.0. The molecule has 0 amide bonds. The summed E-state index contributed by atoms with van der Waals surface area (Å²) >= 11 is 0. The van der Waals surface area contributed by atoms with Crippen LogP contribution in [-0.4, -0.2) is 11.1 Å². The van der Waals surface area contributed by atoms with Gasteiger partial charge in [-0.1, -0.05) is 5.16 Å². The Balaban J connectivity index is 2.12. The Bertz CT molecular complexity index is 590. The molecule has 0 unspecified atom stereocenters. The van der Waals surface area contributed by atoms with Crippen LogP contribution in [0.25, 0.3) is 0 Å². The van der Waals surface area contributed by atoms with Gasteiger partial charge < -0.3 is 15.0 Å². The third kappa shape index (κ3) is 2.84. The number of benzene rings is 1. The number of nitrogen functional groups attached to an aromatic ring is 1. The Morgan fingerprint density at radius 3 is 2.37 bits per heavy atom. The lowest BCUT2D eigenvalue weighted by atomic mass is 10.2. The molecule has 8 heteroatoms. The molecule has 0 aliphatic carbocycles.